The standard InChI is InChI=1S/C10H19N3O2.C6H5Br/c1-8(6-9(15)4-3-5-14)10-12-11-7-13(10)2;7-6-4-2-1-3-5-6/h7-9,14-15H,3-6H2,1-2H3;1-5H. The van der Waals surface area contributed by atoms with Crippen molar-refractivity contribution >= 4 is 15.9 Å². The molecule has 0 saturated heterocycles. The molecule has 122 valence electrons. The fraction of sp³-hybridized carbons (Fsp3) is 0.500. The first-order valence-corrected chi connectivity index (χ1v) is 8.17. The zero-order valence-electron chi connectivity index (χ0n) is 13.1. The summed E-state index contributed by atoms with van der Waals surface area (Å²) >= 11 is 3.31. The molecule has 1 heterocycles. The Bertz CT molecular complexity index is 519. The van der Waals surface area contributed by atoms with Crippen LogP contribution in [-0.4, -0.2) is 37.7 Å². The van der Waals surface area contributed by atoms with Gasteiger partial charge in [-0.2, -0.15) is 0 Å². The average molecular weight is 370 g/mol. The molecular formula is C16H24BrN3O2. The molecule has 1 aromatic carbocycles. The quantitative estimate of drug-likeness (QED) is 0.820. The van der Waals surface area contributed by atoms with Crippen molar-refractivity contribution in [1.82, 2.24) is 14.8 Å². The number of halogens is 1. The van der Waals surface area contributed by atoms with Crippen molar-refractivity contribution in [3.8, 4) is 0 Å². The Morgan fingerprint density at radius 1 is 1.27 bits per heavy atom. The summed E-state index contributed by atoms with van der Waals surface area (Å²) < 4.78 is 3.00. The van der Waals surface area contributed by atoms with E-state index in [1.54, 1.807) is 6.33 Å². The lowest BCUT2D eigenvalue weighted by Gasteiger charge is -2.15. The number of rotatable bonds is 6. The van der Waals surface area contributed by atoms with Crippen LogP contribution < -0.4 is 0 Å². The van der Waals surface area contributed by atoms with E-state index in [-0.39, 0.29) is 18.6 Å². The molecule has 1 aromatic heterocycles. The highest BCUT2D eigenvalue weighted by Crippen LogP contribution is 2.19. The molecule has 0 spiro atoms. The topological polar surface area (TPSA) is 71.2 Å². The van der Waals surface area contributed by atoms with Gasteiger partial charge in [0.25, 0.3) is 0 Å². The third-order valence-corrected chi connectivity index (χ3v) is 3.77. The molecule has 2 unspecified atom stereocenters. The minimum Gasteiger partial charge on any atom is -0.396 e. The molecule has 6 heteroatoms. The summed E-state index contributed by atoms with van der Waals surface area (Å²) in [6.45, 7) is 2.15. The summed E-state index contributed by atoms with van der Waals surface area (Å²) in [5, 5.41) is 26.1. The normalized spacial score (nSPS) is 13.1. The molecule has 0 fully saturated rings. The maximum atomic E-state index is 9.67. The molecule has 0 aliphatic rings. The van der Waals surface area contributed by atoms with Crippen LogP contribution in [0.5, 0.6) is 0 Å². The van der Waals surface area contributed by atoms with Gasteiger partial charge in [-0.3, -0.25) is 0 Å². The molecule has 5 nitrogen and oxygen atoms in total. The molecule has 2 atom stereocenters. The van der Waals surface area contributed by atoms with Gasteiger partial charge in [-0.1, -0.05) is 41.1 Å². The second kappa shape index (κ2) is 10.5. The van der Waals surface area contributed by atoms with Crippen LogP contribution in [0.1, 0.15) is 37.9 Å². The van der Waals surface area contributed by atoms with Gasteiger partial charge in [-0.15, -0.1) is 10.2 Å². The number of hydrogen-bond donors (Lipinski definition) is 2. The second-order valence-corrected chi connectivity index (χ2v) is 6.17. The number of aliphatic hydroxyl groups is 2. The van der Waals surface area contributed by atoms with Gasteiger partial charge in [0, 0.05) is 24.0 Å². The monoisotopic (exact) mass is 369 g/mol. The highest BCUT2D eigenvalue weighted by Gasteiger charge is 2.15. The van der Waals surface area contributed by atoms with Crippen molar-refractivity contribution in [2.75, 3.05) is 6.61 Å². The highest BCUT2D eigenvalue weighted by atomic mass is 79.9. The number of hydrogen-bond acceptors (Lipinski definition) is 4. The van der Waals surface area contributed by atoms with Gasteiger partial charge in [0.05, 0.1) is 6.10 Å². The van der Waals surface area contributed by atoms with Crippen LogP contribution in [0.15, 0.2) is 41.1 Å². The fourth-order valence-electron chi connectivity index (χ4n) is 2.11. The lowest BCUT2D eigenvalue weighted by Crippen LogP contribution is -2.13. The largest absolute Gasteiger partial charge is 0.396 e. The van der Waals surface area contributed by atoms with Crippen LogP contribution in [0.2, 0.25) is 0 Å². The first kappa shape index (κ1) is 18.8. The third kappa shape index (κ3) is 7.15. The number of nitrogens with zero attached hydrogens (tertiary/aromatic N) is 3. The van der Waals surface area contributed by atoms with Gasteiger partial charge in [-0.05, 0) is 31.4 Å². The van der Waals surface area contributed by atoms with Crippen LogP contribution in [0.25, 0.3) is 0 Å². The summed E-state index contributed by atoms with van der Waals surface area (Å²) in [6.07, 6.45) is 3.23. The maximum absolute atomic E-state index is 9.67. The van der Waals surface area contributed by atoms with Crippen molar-refractivity contribution in [3.63, 3.8) is 0 Å². The molecule has 22 heavy (non-hydrogen) atoms. The van der Waals surface area contributed by atoms with E-state index in [0.717, 1.165) is 10.3 Å². The van der Waals surface area contributed by atoms with E-state index < -0.39 is 0 Å². The minimum atomic E-state index is -0.371. The van der Waals surface area contributed by atoms with Gasteiger partial charge >= 0.3 is 0 Å². The van der Waals surface area contributed by atoms with Crippen molar-refractivity contribution in [2.24, 2.45) is 7.05 Å². The smallest absolute Gasteiger partial charge is 0.135 e. The van der Waals surface area contributed by atoms with Gasteiger partial charge in [0.2, 0.25) is 0 Å². The molecule has 0 amide bonds. The Balaban J connectivity index is 0.000000287. The Morgan fingerprint density at radius 2 is 1.95 bits per heavy atom. The summed E-state index contributed by atoms with van der Waals surface area (Å²) in [5.41, 5.74) is 0. The number of aromatic nitrogens is 3. The van der Waals surface area contributed by atoms with Crippen LogP contribution in [0, 0.1) is 0 Å². The van der Waals surface area contributed by atoms with Crippen LogP contribution in [0.4, 0.5) is 0 Å². The Kier molecular flexibility index (Phi) is 8.96. The van der Waals surface area contributed by atoms with Crippen LogP contribution >= 0.6 is 15.9 Å². The predicted octanol–water partition coefficient (Wildman–Crippen LogP) is 2.89. The van der Waals surface area contributed by atoms with Gasteiger partial charge in [0.1, 0.15) is 12.2 Å². The number of aliphatic hydroxyl groups excluding tert-OH is 2. The SMILES string of the molecule is Brc1ccccc1.CC(CC(O)CCCO)c1nncn1C. The van der Waals surface area contributed by atoms with E-state index in [9.17, 15) is 5.11 Å². The van der Waals surface area contributed by atoms with Gasteiger partial charge < -0.3 is 14.8 Å². The van der Waals surface area contributed by atoms with Crippen molar-refractivity contribution in [2.45, 2.75) is 38.2 Å². The molecule has 0 saturated carbocycles. The number of aryl methyl sites for hydroxylation is 1. The first-order chi connectivity index (χ1) is 10.5. The molecule has 0 bridgehead atoms. The molecule has 0 aliphatic carbocycles. The Hall–Kier alpha value is -1.24. The maximum Gasteiger partial charge on any atom is 0.135 e. The fourth-order valence-corrected chi connectivity index (χ4v) is 2.42. The van der Waals surface area contributed by atoms with E-state index in [1.165, 1.54) is 0 Å². The minimum absolute atomic E-state index is 0.134. The zero-order chi connectivity index (χ0) is 16.4. The molecule has 2 aromatic rings. The summed E-state index contributed by atoms with van der Waals surface area (Å²) in [6, 6.07) is 9.97. The lowest BCUT2D eigenvalue weighted by molar-refractivity contribution is 0.133. The van der Waals surface area contributed by atoms with E-state index in [0.29, 0.717) is 19.3 Å². The van der Waals surface area contributed by atoms with Gasteiger partial charge in [-0.25, -0.2) is 0 Å². The molecule has 0 aliphatic heterocycles. The molecule has 2 N–H and O–H groups in total. The van der Waals surface area contributed by atoms with Crippen molar-refractivity contribution in [1.29, 1.82) is 0 Å². The molecular weight excluding hydrogens is 346 g/mol. The average Bonchev–Trinajstić information content (AvgIpc) is 2.93. The predicted molar refractivity (Wildman–Crippen MR) is 90.5 cm³/mol. The Labute approximate surface area is 140 Å². The molecule has 2 rings (SSSR count). The second-order valence-electron chi connectivity index (χ2n) is 5.25. The summed E-state index contributed by atoms with van der Waals surface area (Å²) in [4.78, 5) is 0. The summed E-state index contributed by atoms with van der Waals surface area (Å²) in [5.74, 6) is 1.07. The van der Waals surface area contributed by atoms with E-state index in [4.69, 9.17) is 5.11 Å². The van der Waals surface area contributed by atoms with Crippen molar-refractivity contribution in [3.05, 3.63) is 47.0 Å². The highest BCUT2D eigenvalue weighted by molar-refractivity contribution is 9.10. The number of benzene rings is 1. The van der Waals surface area contributed by atoms with E-state index in [1.807, 2.05) is 48.9 Å². The van der Waals surface area contributed by atoms with E-state index >= 15 is 0 Å². The van der Waals surface area contributed by atoms with Gasteiger partial charge in [0.15, 0.2) is 0 Å². The lowest BCUT2D eigenvalue weighted by atomic mass is 10.00. The zero-order valence-corrected chi connectivity index (χ0v) is 14.6. The Morgan fingerprint density at radius 3 is 2.41 bits per heavy atom. The third-order valence-electron chi connectivity index (χ3n) is 3.24. The van der Waals surface area contributed by atoms with E-state index in [2.05, 4.69) is 26.1 Å². The van der Waals surface area contributed by atoms with Crippen LogP contribution in [-0.2, 0) is 7.05 Å². The molecule has 0 radical (unpaired) electrons. The van der Waals surface area contributed by atoms with Crippen molar-refractivity contribution < 1.29 is 10.2 Å². The van der Waals surface area contributed by atoms with Crippen LogP contribution in [0.3, 0.4) is 0 Å². The first-order valence-electron chi connectivity index (χ1n) is 7.38. The summed E-state index contributed by atoms with van der Waals surface area (Å²) in [7, 11) is 1.89.